The molecule has 2 heterocycles. The number of nitrogens with one attached hydrogen (secondary N) is 1. The fraction of sp³-hybridized carbons (Fsp3) is 0.385. The summed E-state index contributed by atoms with van der Waals surface area (Å²) in [5.74, 6) is 0. The van der Waals surface area contributed by atoms with Crippen LogP contribution in [0.15, 0.2) is 24.5 Å². The van der Waals surface area contributed by atoms with Gasteiger partial charge in [0.25, 0.3) is 0 Å². The number of methoxy groups -OCH3 is 1. The quantitative estimate of drug-likeness (QED) is 0.843. The van der Waals surface area contributed by atoms with Crippen LogP contribution in [-0.4, -0.2) is 54.2 Å². The number of anilines is 1. The Balaban J connectivity index is 1.78. The second-order valence-corrected chi connectivity index (χ2v) is 4.52. The Morgan fingerprint density at radius 3 is 2.84 bits per heavy atom. The van der Waals surface area contributed by atoms with E-state index < -0.39 is 0 Å². The van der Waals surface area contributed by atoms with Crippen molar-refractivity contribution in [2.75, 3.05) is 38.2 Å². The third-order valence-electron chi connectivity index (χ3n) is 3.48. The van der Waals surface area contributed by atoms with Crippen LogP contribution >= 0.6 is 0 Å². The maximum absolute atomic E-state index is 11.4. The van der Waals surface area contributed by atoms with Gasteiger partial charge in [0.15, 0.2) is 0 Å². The molecular formula is C13H16N4O2. The first-order valence-electron chi connectivity index (χ1n) is 6.29. The summed E-state index contributed by atoms with van der Waals surface area (Å²) in [4.78, 5) is 22.9. The van der Waals surface area contributed by atoms with Crippen LogP contribution in [0.1, 0.15) is 0 Å². The van der Waals surface area contributed by atoms with Crippen LogP contribution in [0, 0.1) is 0 Å². The van der Waals surface area contributed by atoms with Crippen molar-refractivity contribution >= 4 is 22.8 Å². The van der Waals surface area contributed by atoms with Gasteiger partial charge in [-0.25, -0.2) is 9.78 Å². The van der Waals surface area contributed by atoms with E-state index in [4.69, 9.17) is 4.74 Å². The third-order valence-corrected chi connectivity index (χ3v) is 3.48. The van der Waals surface area contributed by atoms with Crippen molar-refractivity contribution in [3.05, 3.63) is 24.5 Å². The van der Waals surface area contributed by atoms with Gasteiger partial charge in [-0.15, -0.1) is 0 Å². The summed E-state index contributed by atoms with van der Waals surface area (Å²) in [5, 5.41) is 0. The van der Waals surface area contributed by atoms with Gasteiger partial charge in [-0.05, 0) is 12.1 Å². The van der Waals surface area contributed by atoms with Gasteiger partial charge in [-0.2, -0.15) is 0 Å². The molecule has 0 bridgehead atoms. The zero-order valence-corrected chi connectivity index (χ0v) is 10.8. The lowest BCUT2D eigenvalue weighted by Gasteiger charge is -2.35. The predicted molar refractivity (Wildman–Crippen MR) is 72.3 cm³/mol. The second-order valence-electron chi connectivity index (χ2n) is 4.52. The van der Waals surface area contributed by atoms with Crippen LogP contribution in [-0.2, 0) is 4.74 Å². The molecule has 3 rings (SSSR count). The molecule has 100 valence electrons. The predicted octanol–water partition coefficient (Wildman–Crippen LogP) is 1.45. The number of para-hydroxylation sites is 1. The largest absolute Gasteiger partial charge is 0.453 e. The van der Waals surface area contributed by atoms with Crippen molar-refractivity contribution in [1.29, 1.82) is 0 Å². The number of carbonyl (C=O) groups excluding carboxylic acids is 1. The summed E-state index contributed by atoms with van der Waals surface area (Å²) in [6, 6.07) is 6.09. The number of carbonyl (C=O) groups is 1. The monoisotopic (exact) mass is 260 g/mol. The molecule has 0 atom stereocenters. The van der Waals surface area contributed by atoms with Gasteiger partial charge in [0.2, 0.25) is 0 Å². The highest BCUT2D eigenvalue weighted by Gasteiger charge is 2.22. The van der Waals surface area contributed by atoms with Gasteiger partial charge in [-0.1, -0.05) is 6.07 Å². The maximum Gasteiger partial charge on any atom is 0.409 e. The first kappa shape index (κ1) is 11.8. The van der Waals surface area contributed by atoms with E-state index in [1.165, 1.54) is 7.11 Å². The van der Waals surface area contributed by atoms with Crippen molar-refractivity contribution in [3.8, 4) is 0 Å². The van der Waals surface area contributed by atoms with Gasteiger partial charge in [0, 0.05) is 26.2 Å². The van der Waals surface area contributed by atoms with Crippen LogP contribution in [0.4, 0.5) is 10.5 Å². The summed E-state index contributed by atoms with van der Waals surface area (Å²) < 4.78 is 4.74. The molecule has 0 radical (unpaired) electrons. The average molecular weight is 260 g/mol. The number of fused-ring (bicyclic) bond motifs is 1. The lowest BCUT2D eigenvalue weighted by molar-refractivity contribution is 0.121. The minimum absolute atomic E-state index is 0.252. The summed E-state index contributed by atoms with van der Waals surface area (Å²) in [6.45, 7) is 2.93. The van der Waals surface area contributed by atoms with E-state index in [1.807, 2.05) is 12.1 Å². The molecule has 1 aliphatic heterocycles. The van der Waals surface area contributed by atoms with Gasteiger partial charge in [0.05, 0.1) is 24.6 Å². The molecule has 1 aromatic heterocycles. The molecule has 1 amide bonds. The highest BCUT2D eigenvalue weighted by molar-refractivity contribution is 5.88. The van der Waals surface area contributed by atoms with E-state index in [0.717, 1.165) is 29.8 Å². The van der Waals surface area contributed by atoms with E-state index in [0.29, 0.717) is 13.1 Å². The molecule has 19 heavy (non-hydrogen) atoms. The number of hydrogen-bond donors (Lipinski definition) is 1. The maximum atomic E-state index is 11.4. The molecule has 1 fully saturated rings. The highest BCUT2D eigenvalue weighted by Crippen LogP contribution is 2.24. The molecule has 1 aromatic carbocycles. The molecule has 1 aliphatic rings. The number of piperazine rings is 1. The van der Waals surface area contributed by atoms with Crippen LogP contribution in [0.3, 0.4) is 0 Å². The Bertz CT molecular complexity index is 587. The van der Waals surface area contributed by atoms with Crippen molar-refractivity contribution in [1.82, 2.24) is 14.9 Å². The van der Waals surface area contributed by atoms with Crippen LogP contribution in [0.25, 0.3) is 11.0 Å². The number of rotatable bonds is 1. The SMILES string of the molecule is COC(=O)N1CCN(c2cccc3[nH]cnc23)CC1. The van der Waals surface area contributed by atoms with E-state index in [9.17, 15) is 4.79 Å². The normalized spacial score (nSPS) is 15.8. The van der Waals surface area contributed by atoms with Gasteiger partial charge in [-0.3, -0.25) is 0 Å². The van der Waals surface area contributed by atoms with Crippen LogP contribution < -0.4 is 4.90 Å². The minimum atomic E-state index is -0.252. The molecule has 0 aliphatic carbocycles. The molecule has 6 nitrogen and oxygen atoms in total. The first-order chi connectivity index (χ1) is 9.29. The minimum Gasteiger partial charge on any atom is -0.453 e. The van der Waals surface area contributed by atoms with Crippen LogP contribution in [0.2, 0.25) is 0 Å². The number of aromatic nitrogens is 2. The molecule has 0 spiro atoms. The van der Waals surface area contributed by atoms with Crippen molar-refractivity contribution in [2.45, 2.75) is 0 Å². The Morgan fingerprint density at radius 1 is 1.32 bits per heavy atom. The molecule has 2 aromatic rings. The van der Waals surface area contributed by atoms with Crippen molar-refractivity contribution in [3.63, 3.8) is 0 Å². The zero-order chi connectivity index (χ0) is 13.2. The second kappa shape index (κ2) is 4.79. The Kier molecular flexibility index (Phi) is 2.98. The topological polar surface area (TPSA) is 61.5 Å². The Morgan fingerprint density at radius 2 is 2.11 bits per heavy atom. The van der Waals surface area contributed by atoms with E-state index in [-0.39, 0.29) is 6.09 Å². The standard InChI is InChI=1S/C13H16N4O2/c1-19-13(18)17-7-5-16(6-8-17)11-4-2-3-10-12(11)15-9-14-10/h2-4,9H,5-8H2,1H3,(H,14,15). The number of benzene rings is 1. The number of imidazole rings is 1. The van der Waals surface area contributed by atoms with E-state index in [2.05, 4.69) is 20.9 Å². The van der Waals surface area contributed by atoms with E-state index >= 15 is 0 Å². The number of amides is 1. The summed E-state index contributed by atoms with van der Waals surface area (Å²) in [6.07, 6.45) is 1.46. The Labute approximate surface area is 111 Å². The molecular weight excluding hydrogens is 244 g/mol. The molecule has 0 unspecified atom stereocenters. The first-order valence-corrected chi connectivity index (χ1v) is 6.29. The lowest BCUT2D eigenvalue weighted by Crippen LogP contribution is -2.48. The molecule has 1 N–H and O–H groups in total. The number of nitrogens with zero attached hydrogens (tertiary/aromatic N) is 3. The average Bonchev–Trinajstić information content (AvgIpc) is 2.95. The van der Waals surface area contributed by atoms with Crippen molar-refractivity contribution < 1.29 is 9.53 Å². The zero-order valence-electron chi connectivity index (χ0n) is 10.8. The van der Waals surface area contributed by atoms with Gasteiger partial charge >= 0.3 is 6.09 Å². The van der Waals surface area contributed by atoms with Crippen molar-refractivity contribution in [2.24, 2.45) is 0 Å². The summed E-state index contributed by atoms with van der Waals surface area (Å²) in [5.41, 5.74) is 3.13. The van der Waals surface area contributed by atoms with E-state index in [1.54, 1.807) is 11.2 Å². The number of ether oxygens (including phenoxy) is 1. The molecule has 1 saturated heterocycles. The van der Waals surface area contributed by atoms with Crippen LogP contribution in [0.5, 0.6) is 0 Å². The third kappa shape index (κ3) is 2.09. The Hall–Kier alpha value is -2.24. The lowest BCUT2D eigenvalue weighted by atomic mass is 10.2. The van der Waals surface area contributed by atoms with Gasteiger partial charge in [0.1, 0.15) is 5.52 Å². The number of hydrogen-bond acceptors (Lipinski definition) is 4. The molecule has 0 saturated carbocycles. The fourth-order valence-electron chi connectivity index (χ4n) is 2.46. The number of aromatic amines is 1. The summed E-state index contributed by atoms with van der Waals surface area (Å²) >= 11 is 0. The fourth-order valence-corrected chi connectivity index (χ4v) is 2.46. The molecule has 6 heteroatoms. The van der Waals surface area contributed by atoms with Gasteiger partial charge < -0.3 is 19.5 Å². The number of H-pyrrole nitrogens is 1. The smallest absolute Gasteiger partial charge is 0.409 e. The highest BCUT2D eigenvalue weighted by atomic mass is 16.5. The summed E-state index contributed by atoms with van der Waals surface area (Å²) in [7, 11) is 1.42.